The van der Waals surface area contributed by atoms with Crippen LogP contribution in [0.5, 0.6) is 0 Å². The predicted octanol–water partition coefficient (Wildman–Crippen LogP) is 1.69. The fraction of sp³-hybridized carbons (Fsp3) is 0. The summed E-state index contributed by atoms with van der Waals surface area (Å²) in [6, 6.07) is 5.46. The number of hydrogen-bond donors (Lipinski definition) is 0. The maximum atomic E-state index is 11.6. The third kappa shape index (κ3) is 1.11. The average molecular weight is 198 g/mol. The molecule has 0 saturated carbocycles. The van der Waals surface area contributed by atoms with Crippen LogP contribution in [-0.2, 0) is 0 Å². The lowest BCUT2D eigenvalue weighted by Gasteiger charge is -2.04. The van der Waals surface area contributed by atoms with Crippen LogP contribution in [0.1, 0.15) is 0 Å². The first-order chi connectivity index (χ1) is 7.36. The minimum atomic E-state index is -0.305. The summed E-state index contributed by atoms with van der Waals surface area (Å²) in [4.78, 5) is 19.5. The van der Waals surface area contributed by atoms with Gasteiger partial charge in [0, 0.05) is 17.1 Å². The van der Waals surface area contributed by atoms with Gasteiger partial charge in [-0.1, -0.05) is 0 Å². The number of hydrogen-bond acceptors (Lipinski definition) is 4. The molecule has 3 rings (SSSR count). The first-order valence-electron chi connectivity index (χ1n) is 4.47. The summed E-state index contributed by atoms with van der Waals surface area (Å²) in [6.07, 6.45) is 4.57. The SMILES string of the molecule is O=c1nc2ncccc2c2ccocc1-2. The summed E-state index contributed by atoms with van der Waals surface area (Å²) in [7, 11) is 0. The molecule has 2 aliphatic heterocycles. The highest BCUT2D eigenvalue weighted by molar-refractivity contribution is 5.92. The van der Waals surface area contributed by atoms with Crippen LogP contribution in [0.2, 0.25) is 0 Å². The molecule has 4 heteroatoms. The van der Waals surface area contributed by atoms with Gasteiger partial charge in [0.15, 0.2) is 5.65 Å². The van der Waals surface area contributed by atoms with Crippen LogP contribution in [-0.4, -0.2) is 9.97 Å². The molecule has 0 N–H and O–H groups in total. The standard InChI is InChI=1S/C11H6N2O2/c14-11-9-6-15-5-3-7(9)8-2-1-4-12-10(8)13-11/h1-6H. The van der Waals surface area contributed by atoms with E-state index in [9.17, 15) is 4.79 Å². The van der Waals surface area contributed by atoms with Gasteiger partial charge in [0.05, 0.1) is 11.8 Å². The average Bonchev–Trinajstić information content (AvgIpc) is 2.30. The zero-order valence-corrected chi connectivity index (χ0v) is 7.68. The Hall–Kier alpha value is -2.23. The van der Waals surface area contributed by atoms with Gasteiger partial charge in [-0.2, -0.15) is 4.98 Å². The lowest BCUT2D eigenvalue weighted by Crippen LogP contribution is -2.10. The molecule has 0 unspecified atom stereocenters. The van der Waals surface area contributed by atoms with E-state index in [0.29, 0.717) is 11.2 Å². The van der Waals surface area contributed by atoms with Crippen LogP contribution in [0.3, 0.4) is 0 Å². The number of fused-ring (bicyclic) bond motifs is 3. The van der Waals surface area contributed by atoms with Crippen molar-refractivity contribution in [3.63, 3.8) is 0 Å². The van der Waals surface area contributed by atoms with E-state index in [1.54, 1.807) is 12.3 Å². The van der Waals surface area contributed by atoms with Gasteiger partial charge < -0.3 is 4.42 Å². The Bertz CT molecular complexity index is 660. The molecule has 1 aromatic rings. The van der Waals surface area contributed by atoms with Crippen LogP contribution in [0, 0.1) is 0 Å². The number of nitrogens with zero attached hydrogens (tertiary/aromatic N) is 2. The summed E-state index contributed by atoms with van der Waals surface area (Å²) in [5.41, 5.74) is 1.48. The van der Waals surface area contributed by atoms with Crippen molar-refractivity contribution >= 4 is 11.0 Å². The predicted molar refractivity (Wildman–Crippen MR) is 54.7 cm³/mol. The summed E-state index contributed by atoms with van der Waals surface area (Å²) in [5.74, 6) is 0. The van der Waals surface area contributed by atoms with E-state index in [-0.39, 0.29) is 5.56 Å². The minimum Gasteiger partial charge on any atom is -0.472 e. The van der Waals surface area contributed by atoms with Crippen molar-refractivity contribution in [1.29, 1.82) is 0 Å². The number of rotatable bonds is 0. The molecule has 0 atom stereocenters. The second-order valence-corrected chi connectivity index (χ2v) is 3.18. The second kappa shape index (κ2) is 2.88. The van der Waals surface area contributed by atoms with Crippen LogP contribution >= 0.6 is 0 Å². The molecule has 0 spiro atoms. The van der Waals surface area contributed by atoms with Gasteiger partial charge >= 0.3 is 0 Å². The fourth-order valence-corrected chi connectivity index (χ4v) is 1.62. The Labute approximate surface area is 84.6 Å². The van der Waals surface area contributed by atoms with Gasteiger partial charge in [-0.3, -0.25) is 4.79 Å². The Morgan fingerprint density at radius 3 is 3.07 bits per heavy atom. The normalized spacial score (nSPS) is 10.9. The van der Waals surface area contributed by atoms with E-state index >= 15 is 0 Å². The van der Waals surface area contributed by atoms with E-state index in [4.69, 9.17) is 4.42 Å². The zero-order chi connectivity index (χ0) is 10.3. The number of aromatic nitrogens is 2. The summed E-state index contributed by atoms with van der Waals surface area (Å²) >= 11 is 0. The Balaban J connectivity index is 2.63. The molecular formula is C11H6N2O2. The van der Waals surface area contributed by atoms with Gasteiger partial charge in [0.25, 0.3) is 5.56 Å². The Morgan fingerprint density at radius 2 is 2.13 bits per heavy atom. The second-order valence-electron chi connectivity index (χ2n) is 3.18. The topological polar surface area (TPSA) is 56.0 Å². The molecular weight excluding hydrogens is 192 g/mol. The molecule has 0 aliphatic carbocycles. The van der Waals surface area contributed by atoms with Crippen LogP contribution in [0.25, 0.3) is 22.2 Å². The third-order valence-corrected chi connectivity index (χ3v) is 2.30. The first-order valence-corrected chi connectivity index (χ1v) is 4.47. The largest absolute Gasteiger partial charge is 0.472 e. The highest BCUT2D eigenvalue weighted by Crippen LogP contribution is 2.24. The van der Waals surface area contributed by atoms with Crippen molar-refractivity contribution < 1.29 is 4.42 Å². The smallest absolute Gasteiger partial charge is 0.282 e. The molecule has 0 bridgehead atoms. The van der Waals surface area contributed by atoms with Gasteiger partial charge in [-0.25, -0.2) is 4.98 Å². The molecule has 3 heterocycles. The Kier molecular flexibility index (Phi) is 1.56. The monoisotopic (exact) mass is 198 g/mol. The van der Waals surface area contributed by atoms with Gasteiger partial charge in [0.1, 0.15) is 6.26 Å². The third-order valence-electron chi connectivity index (χ3n) is 2.30. The van der Waals surface area contributed by atoms with Crippen molar-refractivity contribution in [3.8, 4) is 11.1 Å². The Morgan fingerprint density at radius 1 is 1.20 bits per heavy atom. The zero-order valence-electron chi connectivity index (χ0n) is 7.68. The van der Waals surface area contributed by atoms with Gasteiger partial charge in [-0.15, -0.1) is 0 Å². The van der Waals surface area contributed by atoms with Gasteiger partial charge in [0.2, 0.25) is 0 Å². The highest BCUT2D eigenvalue weighted by Gasteiger charge is 2.12. The van der Waals surface area contributed by atoms with E-state index in [1.165, 1.54) is 12.5 Å². The first kappa shape index (κ1) is 8.11. The van der Waals surface area contributed by atoms with E-state index in [2.05, 4.69) is 9.97 Å². The van der Waals surface area contributed by atoms with Crippen molar-refractivity contribution in [2.24, 2.45) is 0 Å². The molecule has 4 nitrogen and oxygen atoms in total. The molecule has 0 amide bonds. The van der Waals surface area contributed by atoms with Crippen LogP contribution < -0.4 is 5.56 Å². The molecule has 0 radical (unpaired) electrons. The van der Waals surface area contributed by atoms with Crippen molar-refractivity contribution in [2.75, 3.05) is 0 Å². The molecule has 1 aromatic heterocycles. The lowest BCUT2D eigenvalue weighted by atomic mass is 10.1. The summed E-state index contributed by atoms with van der Waals surface area (Å²) in [5, 5.41) is 0.864. The van der Waals surface area contributed by atoms with Gasteiger partial charge in [-0.05, 0) is 18.2 Å². The lowest BCUT2D eigenvalue weighted by molar-refractivity contribution is 0.551. The van der Waals surface area contributed by atoms with Crippen molar-refractivity contribution in [1.82, 2.24) is 9.97 Å². The molecule has 0 saturated heterocycles. The highest BCUT2D eigenvalue weighted by atomic mass is 16.3. The fourth-order valence-electron chi connectivity index (χ4n) is 1.62. The van der Waals surface area contributed by atoms with E-state index in [0.717, 1.165) is 10.9 Å². The van der Waals surface area contributed by atoms with Crippen molar-refractivity contribution in [2.45, 2.75) is 0 Å². The van der Waals surface area contributed by atoms with E-state index in [1.807, 2.05) is 12.1 Å². The number of pyridine rings is 2. The maximum Gasteiger partial charge on any atom is 0.282 e. The summed E-state index contributed by atoms with van der Waals surface area (Å²) < 4.78 is 4.96. The van der Waals surface area contributed by atoms with Crippen LogP contribution in [0.15, 0.2) is 46.1 Å². The van der Waals surface area contributed by atoms with E-state index < -0.39 is 0 Å². The van der Waals surface area contributed by atoms with Crippen LogP contribution in [0.4, 0.5) is 0 Å². The molecule has 15 heavy (non-hydrogen) atoms. The minimum absolute atomic E-state index is 0.305. The summed E-state index contributed by atoms with van der Waals surface area (Å²) in [6.45, 7) is 0. The molecule has 72 valence electrons. The molecule has 2 aliphatic rings. The molecule has 0 fully saturated rings. The maximum absolute atomic E-state index is 11.6. The van der Waals surface area contributed by atoms with Crippen molar-refractivity contribution in [3.05, 3.63) is 47.3 Å². The quantitative estimate of drug-likeness (QED) is 0.516. The molecule has 0 aromatic carbocycles.